The Morgan fingerprint density at radius 3 is 2.36 bits per heavy atom. The lowest BCUT2D eigenvalue weighted by Gasteiger charge is -1.86. The van der Waals surface area contributed by atoms with E-state index in [1.54, 1.807) is 0 Å². The number of halogens is 1. The van der Waals surface area contributed by atoms with Crippen molar-refractivity contribution in [2.24, 2.45) is 4.99 Å². The van der Waals surface area contributed by atoms with Crippen LogP contribution in [0, 0.1) is 0 Å². The van der Waals surface area contributed by atoms with Gasteiger partial charge in [0.25, 0.3) is 0 Å². The van der Waals surface area contributed by atoms with E-state index in [-0.39, 0.29) is 5.88 Å². The highest BCUT2D eigenvalue weighted by molar-refractivity contribution is 7.71. The van der Waals surface area contributed by atoms with Crippen molar-refractivity contribution in [1.82, 2.24) is 0 Å². The molecule has 4 nitrogen and oxygen atoms in total. The van der Waals surface area contributed by atoms with E-state index in [9.17, 15) is 13.2 Å². The summed E-state index contributed by atoms with van der Waals surface area (Å²) in [5.41, 5.74) is 0. The minimum atomic E-state index is -2.07. The molecule has 0 bridgehead atoms. The van der Waals surface area contributed by atoms with Crippen LogP contribution in [0.1, 0.15) is 26.2 Å². The summed E-state index contributed by atoms with van der Waals surface area (Å²) < 4.78 is 18.9. The van der Waals surface area contributed by atoms with Crippen LogP contribution in [-0.4, -0.2) is 32.3 Å². The van der Waals surface area contributed by atoms with Gasteiger partial charge in [0.15, 0.2) is 0 Å². The normalized spacial score (nSPS) is 7.86. The zero-order valence-electron chi connectivity index (χ0n) is 8.07. The number of nitrogens with zero attached hydrogens (tertiary/aromatic N) is 1. The average Bonchev–Trinajstić information content (AvgIpc) is 2.13. The number of unbranched alkanes of at least 4 members (excludes halogenated alkanes) is 2. The van der Waals surface area contributed by atoms with Crippen molar-refractivity contribution in [3.8, 4) is 0 Å². The summed E-state index contributed by atoms with van der Waals surface area (Å²) in [6.07, 6.45) is 4.85. The van der Waals surface area contributed by atoms with Crippen LogP contribution in [0.25, 0.3) is 0 Å². The summed E-state index contributed by atoms with van der Waals surface area (Å²) in [7, 11) is -2.07. The van der Waals surface area contributed by atoms with Gasteiger partial charge in [0.1, 0.15) is 0 Å². The lowest BCUT2D eigenvalue weighted by atomic mass is 10.3. The Kier molecular flexibility index (Phi) is 16.8. The zero-order chi connectivity index (χ0) is 11.2. The first kappa shape index (κ1) is 15.8. The standard InChI is InChI=1S/C6H11NO.C2H3ClO2S/c1-2-3-4-5-7-6-8;3-1-2-6(4)5/h2-5H2,1H3;2H,1H2. The van der Waals surface area contributed by atoms with Crippen molar-refractivity contribution >= 4 is 33.3 Å². The first-order chi connectivity index (χ1) is 6.68. The molecule has 0 heterocycles. The number of hydrogen-bond acceptors (Lipinski definition) is 4. The van der Waals surface area contributed by atoms with Crippen molar-refractivity contribution in [2.45, 2.75) is 26.2 Å². The Morgan fingerprint density at radius 1 is 1.43 bits per heavy atom. The van der Waals surface area contributed by atoms with E-state index in [4.69, 9.17) is 11.6 Å². The van der Waals surface area contributed by atoms with Crippen molar-refractivity contribution in [2.75, 3.05) is 12.4 Å². The number of isocyanates is 1. The van der Waals surface area contributed by atoms with Crippen LogP contribution in [0.5, 0.6) is 0 Å². The first-order valence-electron chi connectivity index (χ1n) is 4.20. The second-order valence-corrected chi connectivity index (χ2v) is 3.42. The molecule has 0 aromatic carbocycles. The summed E-state index contributed by atoms with van der Waals surface area (Å²) in [6, 6.07) is 0. The molecule has 0 amide bonds. The van der Waals surface area contributed by atoms with Gasteiger partial charge in [-0.15, -0.1) is 11.6 Å². The van der Waals surface area contributed by atoms with Gasteiger partial charge in [-0.2, -0.15) is 8.42 Å². The summed E-state index contributed by atoms with van der Waals surface area (Å²) in [5.74, 6) is 0.0656. The van der Waals surface area contributed by atoms with Gasteiger partial charge in [-0.3, -0.25) is 0 Å². The van der Waals surface area contributed by atoms with Gasteiger partial charge in [-0.1, -0.05) is 19.8 Å². The van der Waals surface area contributed by atoms with Gasteiger partial charge >= 0.3 is 0 Å². The summed E-state index contributed by atoms with van der Waals surface area (Å²) >= 11 is 4.95. The van der Waals surface area contributed by atoms with E-state index in [1.807, 2.05) is 0 Å². The molecule has 0 unspecified atom stereocenters. The Hall–Kier alpha value is -0.640. The molecule has 6 heteroatoms. The molecule has 14 heavy (non-hydrogen) atoms. The number of alkyl halides is 1. The fraction of sp³-hybridized carbons (Fsp3) is 0.750. The Bertz CT molecular complexity index is 273. The van der Waals surface area contributed by atoms with E-state index in [2.05, 4.69) is 11.9 Å². The van der Waals surface area contributed by atoms with Crippen molar-refractivity contribution < 1.29 is 13.2 Å². The van der Waals surface area contributed by atoms with Gasteiger partial charge in [-0.25, -0.2) is 9.79 Å². The average molecular weight is 240 g/mol. The van der Waals surface area contributed by atoms with Gasteiger partial charge in [0, 0.05) is 0 Å². The maximum Gasteiger partial charge on any atom is 0.234 e. The number of aliphatic imine (C=N–C) groups is 1. The van der Waals surface area contributed by atoms with Gasteiger partial charge in [-0.05, 0) is 6.42 Å². The molecule has 0 aromatic rings. The minimum Gasteiger partial charge on any atom is -0.211 e. The van der Waals surface area contributed by atoms with Crippen LogP contribution in [0.15, 0.2) is 4.99 Å². The lowest BCUT2D eigenvalue weighted by molar-refractivity contribution is 0.561. The fourth-order valence-electron chi connectivity index (χ4n) is 0.538. The van der Waals surface area contributed by atoms with Crippen molar-refractivity contribution in [3.05, 3.63) is 0 Å². The van der Waals surface area contributed by atoms with E-state index in [0.717, 1.165) is 18.2 Å². The van der Waals surface area contributed by atoms with Crippen LogP contribution in [0.2, 0.25) is 0 Å². The monoisotopic (exact) mass is 239 g/mol. The SMILES string of the molecule is CCCCCN=C=O.O=S(=O)=CCCl. The predicted octanol–water partition coefficient (Wildman–Crippen LogP) is 1.42. The van der Waals surface area contributed by atoms with Gasteiger partial charge in [0.2, 0.25) is 16.4 Å². The molecule has 0 saturated heterocycles. The van der Waals surface area contributed by atoms with Crippen molar-refractivity contribution in [3.63, 3.8) is 0 Å². The van der Waals surface area contributed by atoms with Crippen LogP contribution in [0.3, 0.4) is 0 Å². The topological polar surface area (TPSA) is 63.6 Å². The molecule has 0 spiro atoms. The molecule has 0 aliphatic heterocycles. The van der Waals surface area contributed by atoms with E-state index in [1.165, 1.54) is 12.5 Å². The smallest absolute Gasteiger partial charge is 0.211 e. The second kappa shape index (κ2) is 14.9. The predicted molar refractivity (Wildman–Crippen MR) is 58.2 cm³/mol. The second-order valence-electron chi connectivity index (χ2n) is 2.26. The number of carbonyl (C=O) groups excluding carboxylic acids is 1. The van der Waals surface area contributed by atoms with Gasteiger partial charge < -0.3 is 0 Å². The Morgan fingerprint density at radius 2 is 2.07 bits per heavy atom. The highest BCUT2D eigenvalue weighted by Gasteiger charge is 1.79. The number of rotatable bonds is 5. The van der Waals surface area contributed by atoms with Crippen LogP contribution < -0.4 is 0 Å². The quantitative estimate of drug-likeness (QED) is 0.240. The third-order valence-electron chi connectivity index (χ3n) is 1.14. The third kappa shape index (κ3) is 22.5. The molecule has 82 valence electrons. The Labute approximate surface area is 90.5 Å². The molecule has 0 N–H and O–H groups in total. The van der Waals surface area contributed by atoms with E-state index in [0.29, 0.717) is 6.54 Å². The van der Waals surface area contributed by atoms with E-state index < -0.39 is 10.3 Å². The van der Waals surface area contributed by atoms with Crippen LogP contribution >= 0.6 is 11.6 Å². The summed E-state index contributed by atoms with van der Waals surface area (Å²) in [5, 5.41) is 0.974. The van der Waals surface area contributed by atoms with Crippen molar-refractivity contribution in [1.29, 1.82) is 0 Å². The molecule has 0 radical (unpaired) electrons. The molecule has 0 saturated carbocycles. The molecule has 0 aromatic heterocycles. The molecule has 0 rings (SSSR count). The highest BCUT2D eigenvalue weighted by Crippen LogP contribution is 1.91. The van der Waals surface area contributed by atoms with Gasteiger partial charge in [0.05, 0.1) is 17.8 Å². The Balaban J connectivity index is 0. The minimum absolute atomic E-state index is 0.0656. The molecule has 0 atom stereocenters. The fourth-order valence-corrected chi connectivity index (χ4v) is 0.949. The maximum absolute atomic E-state index is 9.48. The lowest BCUT2D eigenvalue weighted by Crippen LogP contribution is -1.77. The van der Waals surface area contributed by atoms with Crippen LogP contribution in [-0.2, 0) is 15.1 Å². The highest BCUT2D eigenvalue weighted by atomic mass is 35.5. The summed E-state index contributed by atoms with van der Waals surface area (Å²) in [6.45, 7) is 2.77. The maximum atomic E-state index is 9.48. The summed E-state index contributed by atoms with van der Waals surface area (Å²) in [4.78, 5) is 12.9. The first-order valence-corrected chi connectivity index (χ1v) is 5.87. The molecular formula is C8H14ClNO3S. The molecular weight excluding hydrogens is 226 g/mol. The van der Waals surface area contributed by atoms with E-state index >= 15 is 0 Å². The molecule has 0 fully saturated rings. The zero-order valence-corrected chi connectivity index (χ0v) is 9.64. The molecule has 0 aliphatic rings. The van der Waals surface area contributed by atoms with Crippen LogP contribution in [0.4, 0.5) is 0 Å². The third-order valence-corrected chi connectivity index (χ3v) is 1.91. The largest absolute Gasteiger partial charge is 0.234 e. The molecule has 0 aliphatic carbocycles. The number of hydrogen-bond donors (Lipinski definition) is 0.